The molecule has 0 fully saturated rings. The minimum absolute atomic E-state index is 0.270. The van der Waals surface area contributed by atoms with Crippen molar-refractivity contribution < 1.29 is 5.11 Å². The second-order valence-corrected chi connectivity index (χ2v) is 5.41. The lowest BCUT2D eigenvalue weighted by molar-refractivity contribution is 0.128. The maximum absolute atomic E-state index is 10.1. The maximum Gasteiger partial charge on any atom is 0.0732 e. The molecule has 0 spiro atoms. The molecule has 2 atom stereocenters. The lowest BCUT2D eigenvalue weighted by atomic mass is 9.94. The molecule has 1 aromatic carbocycles. The van der Waals surface area contributed by atoms with Gasteiger partial charge in [-0.3, -0.25) is 0 Å². The molecule has 2 heteroatoms. The number of aliphatic hydroxyl groups excluding tert-OH is 1. The molecule has 0 heterocycles. The van der Waals surface area contributed by atoms with Gasteiger partial charge < -0.3 is 10.8 Å². The molecular weight excluding hydrogens is 210 g/mol. The van der Waals surface area contributed by atoms with Crippen LogP contribution < -0.4 is 5.73 Å². The number of aliphatic hydroxyl groups is 1. The highest BCUT2D eigenvalue weighted by atomic mass is 16.3. The molecule has 17 heavy (non-hydrogen) atoms. The van der Waals surface area contributed by atoms with Crippen LogP contribution in [-0.2, 0) is 0 Å². The van der Waals surface area contributed by atoms with Gasteiger partial charge in [-0.25, -0.2) is 0 Å². The Morgan fingerprint density at radius 2 is 1.76 bits per heavy atom. The average molecular weight is 235 g/mol. The minimum atomic E-state index is -0.445. The molecule has 0 aliphatic rings. The van der Waals surface area contributed by atoms with Crippen molar-refractivity contribution in [3.8, 4) is 0 Å². The number of hydrogen-bond donors (Lipinski definition) is 2. The van der Waals surface area contributed by atoms with Gasteiger partial charge in [0.2, 0.25) is 0 Å². The summed E-state index contributed by atoms with van der Waals surface area (Å²) in [6.45, 7) is 8.48. The summed E-state index contributed by atoms with van der Waals surface area (Å²) in [4.78, 5) is 0. The molecule has 0 unspecified atom stereocenters. The smallest absolute Gasteiger partial charge is 0.0732 e. The largest absolute Gasteiger partial charge is 0.391 e. The monoisotopic (exact) mass is 235 g/mol. The van der Waals surface area contributed by atoms with Crippen LogP contribution in [0.3, 0.4) is 0 Å². The average Bonchev–Trinajstić information content (AvgIpc) is 2.28. The number of nitrogens with two attached hydrogens (primary N) is 1. The Kier molecular flexibility index (Phi) is 5.16. The van der Waals surface area contributed by atoms with Crippen molar-refractivity contribution in [2.45, 2.75) is 52.7 Å². The van der Waals surface area contributed by atoms with Crippen LogP contribution in [0.25, 0.3) is 0 Å². The van der Waals surface area contributed by atoms with Gasteiger partial charge >= 0.3 is 0 Å². The van der Waals surface area contributed by atoms with E-state index in [1.807, 2.05) is 6.07 Å². The summed E-state index contributed by atoms with van der Waals surface area (Å²) in [5.41, 5.74) is 9.62. The number of aryl methyl sites for hydroxylation is 2. The van der Waals surface area contributed by atoms with Crippen LogP contribution in [0.1, 0.15) is 49.4 Å². The lowest BCUT2D eigenvalue weighted by Gasteiger charge is -2.20. The molecule has 0 saturated heterocycles. The third-order valence-electron chi connectivity index (χ3n) is 3.37. The first-order chi connectivity index (χ1) is 7.91. The van der Waals surface area contributed by atoms with Crippen molar-refractivity contribution in [2.75, 3.05) is 0 Å². The Bertz CT molecular complexity index is 360. The van der Waals surface area contributed by atoms with Crippen molar-refractivity contribution in [2.24, 2.45) is 11.7 Å². The third-order valence-corrected chi connectivity index (χ3v) is 3.37. The highest BCUT2D eigenvalue weighted by molar-refractivity contribution is 5.32. The predicted octanol–water partition coefficient (Wildman–Crippen LogP) is 3.10. The molecule has 0 aliphatic heterocycles. The van der Waals surface area contributed by atoms with Crippen LogP contribution in [0.15, 0.2) is 18.2 Å². The van der Waals surface area contributed by atoms with Gasteiger partial charge in [0.25, 0.3) is 0 Å². The van der Waals surface area contributed by atoms with Gasteiger partial charge in [0.05, 0.1) is 12.1 Å². The summed E-state index contributed by atoms with van der Waals surface area (Å²) >= 11 is 0. The Balaban J connectivity index is 2.67. The lowest BCUT2D eigenvalue weighted by Crippen LogP contribution is -2.26. The van der Waals surface area contributed by atoms with E-state index >= 15 is 0 Å². The van der Waals surface area contributed by atoms with Gasteiger partial charge in [0, 0.05) is 0 Å². The molecule has 0 amide bonds. The summed E-state index contributed by atoms with van der Waals surface area (Å²) in [7, 11) is 0. The van der Waals surface area contributed by atoms with E-state index in [9.17, 15) is 5.11 Å². The molecule has 0 saturated carbocycles. The number of hydrogen-bond acceptors (Lipinski definition) is 2. The fraction of sp³-hybridized carbons (Fsp3) is 0.600. The zero-order chi connectivity index (χ0) is 13.0. The van der Waals surface area contributed by atoms with Crippen molar-refractivity contribution in [1.82, 2.24) is 0 Å². The topological polar surface area (TPSA) is 46.2 Å². The Labute approximate surface area is 105 Å². The van der Waals surface area contributed by atoms with Crippen molar-refractivity contribution in [3.05, 3.63) is 34.9 Å². The van der Waals surface area contributed by atoms with E-state index in [4.69, 9.17) is 5.73 Å². The Morgan fingerprint density at radius 1 is 1.12 bits per heavy atom. The Hall–Kier alpha value is -0.860. The molecule has 1 aromatic rings. The van der Waals surface area contributed by atoms with Gasteiger partial charge in [-0.1, -0.05) is 32.0 Å². The number of benzene rings is 1. The molecule has 0 radical (unpaired) electrons. The second-order valence-electron chi connectivity index (χ2n) is 5.41. The van der Waals surface area contributed by atoms with Crippen LogP contribution in [0.2, 0.25) is 0 Å². The van der Waals surface area contributed by atoms with Crippen LogP contribution in [0.4, 0.5) is 0 Å². The van der Waals surface area contributed by atoms with E-state index in [2.05, 4.69) is 39.8 Å². The van der Waals surface area contributed by atoms with Crippen molar-refractivity contribution in [3.63, 3.8) is 0 Å². The minimum Gasteiger partial charge on any atom is -0.391 e. The zero-order valence-corrected chi connectivity index (χ0v) is 11.4. The quantitative estimate of drug-likeness (QED) is 0.823. The van der Waals surface area contributed by atoms with E-state index in [0.29, 0.717) is 5.92 Å². The van der Waals surface area contributed by atoms with Crippen molar-refractivity contribution >= 4 is 0 Å². The van der Waals surface area contributed by atoms with Crippen LogP contribution in [-0.4, -0.2) is 11.2 Å². The van der Waals surface area contributed by atoms with Crippen LogP contribution in [0, 0.1) is 19.8 Å². The van der Waals surface area contributed by atoms with E-state index in [0.717, 1.165) is 18.4 Å². The standard InChI is InChI=1S/C15H25NO/c1-10(2)5-8-14(17)15(16)13-7-6-11(3)12(4)9-13/h6-7,9-10,14-15,17H,5,8,16H2,1-4H3/t14-,15+/m0/s1. The second kappa shape index (κ2) is 6.18. The highest BCUT2D eigenvalue weighted by Gasteiger charge is 2.17. The molecule has 3 N–H and O–H groups in total. The van der Waals surface area contributed by atoms with Crippen LogP contribution >= 0.6 is 0 Å². The molecule has 2 nitrogen and oxygen atoms in total. The molecule has 0 aliphatic carbocycles. The summed E-state index contributed by atoms with van der Waals surface area (Å²) in [5, 5.41) is 10.1. The first kappa shape index (κ1) is 14.2. The van der Waals surface area contributed by atoms with Gasteiger partial charge in [-0.2, -0.15) is 0 Å². The SMILES string of the molecule is Cc1ccc([C@@H](N)[C@@H](O)CCC(C)C)cc1C. The maximum atomic E-state index is 10.1. The summed E-state index contributed by atoms with van der Waals surface area (Å²) < 4.78 is 0. The molecule has 0 aromatic heterocycles. The molecule has 96 valence electrons. The van der Waals surface area contributed by atoms with Crippen LogP contribution in [0.5, 0.6) is 0 Å². The van der Waals surface area contributed by atoms with E-state index in [-0.39, 0.29) is 6.04 Å². The molecular formula is C15H25NO. The first-order valence-electron chi connectivity index (χ1n) is 6.42. The van der Waals surface area contributed by atoms with Crippen molar-refractivity contribution in [1.29, 1.82) is 0 Å². The third kappa shape index (κ3) is 4.14. The number of rotatable bonds is 5. The van der Waals surface area contributed by atoms with E-state index in [1.165, 1.54) is 11.1 Å². The fourth-order valence-corrected chi connectivity index (χ4v) is 1.88. The summed E-state index contributed by atoms with van der Waals surface area (Å²) in [5.74, 6) is 0.608. The fourth-order valence-electron chi connectivity index (χ4n) is 1.88. The Morgan fingerprint density at radius 3 is 2.29 bits per heavy atom. The van der Waals surface area contributed by atoms with E-state index < -0.39 is 6.10 Å². The highest BCUT2D eigenvalue weighted by Crippen LogP contribution is 2.21. The van der Waals surface area contributed by atoms with Gasteiger partial charge in [0.1, 0.15) is 0 Å². The summed E-state index contributed by atoms with van der Waals surface area (Å²) in [6.07, 6.45) is 1.34. The van der Waals surface area contributed by atoms with Gasteiger partial charge in [0.15, 0.2) is 0 Å². The molecule has 1 rings (SSSR count). The van der Waals surface area contributed by atoms with Gasteiger partial charge in [-0.15, -0.1) is 0 Å². The van der Waals surface area contributed by atoms with E-state index in [1.54, 1.807) is 0 Å². The van der Waals surface area contributed by atoms with Gasteiger partial charge in [-0.05, 0) is 49.3 Å². The normalized spacial score (nSPS) is 15.0. The first-order valence-corrected chi connectivity index (χ1v) is 6.42. The summed E-state index contributed by atoms with van der Waals surface area (Å²) in [6, 6.07) is 5.90. The molecule has 0 bridgehead atoms. The zero-order valence-electron chi connectivity index (χ0n) is 11.4. The predicted molar refractivity (Wildman–Crippen MR) is 72.9 cm³/mol.